The number of amides is 1. The minimum atomic E-state index is -3.67. The number of anilines is 2. The van der Waals surface area contributed by atoms with Gasteiger partial charge in [0.05, 0.1) is 26.6 Å². The number of carbonyl (C=O) groups is 1. The molecule has 0 aliphatic heterocycles. The molecule has 0 fully saturated rings. The van der Waals surface area contributed by atoms with Crippen LogP contribution in [0, 0.1) is 13.8 Å². The number of carbonyl (C=O) groups excluding carboxylic acids is 1. The summed E-state index contributed by atoms with van der Waals surface area (Å²) in [6.45, 7) is 3.85. The number of sulfonamides is 1. The number of nitrogens with one attached hydrogen (secondary N) is 2. The highest BCUT2D eigenvalue weighted by Crippen LogP contribution is 2.32. The van der Waals surface area contributed by atoms with E-state index in [2.05, 4.69) is 15.0 Å². The lowest BCUT2D eigenvalue weighted by molar-refractivity contribution is -0.113. The van der Waals surface area contributed by atoms with Crippen LogP contribution in [0.2, 0.25) is 0 Å². The van der Waals surface area contributed by atoms with Crippen molar-refractivity contribution in [3.8, 4) is 0 Å². The largest absolute Gasteiger partial charge is 0.325 e. The zero-order valence-electron chi connectivity index (χ0n) is 17.5. The molecule has 0 saturated carbocycles. The number of rotatable bonds is 7. The van der Waals surface area contributed by atoms with Gasteiger partial charge in [0.25, 0.3) is 10.0 Å². The molecule has 4 rings (SSSR count). The van der Waals surface area contributed by atoms with E-state index in [1.807, 2.05) is 38.1 Å². The molecule has 0 radical (unpaired) electrons. The first-order chi connectivity index (χ1) is 15.3. The van der Waals surface area contributed by atoms with Crippen molar-refractivity contribution >= 4 is 60.6 Å². The Kier molecular flexibility index (Phi) is 6.50. The smallest absolute Gasteiger partial charge is 0.261 e. The zero-order valence-corrected chi connectivity index (χ0v) is 19.9. The molecule has 0 saturated heterocycles. The van der Waals surface area contributed by atoms with Crippen LogP contribution in [-0.4, -0.2) is 25.1 Å². The number of para-hydroxylation sites is 1. The van der Waals surface area contributed by atoms with Crippen molar-refractivity contribution in [2.45, 2.75) is 23.1 Å². The molecule has 164 valence electrons. The van der Waals surface area contributed by atoms with Crippen LogP contribution >= 0.6 is 23.1 Å². The topological polar surface area (TPSA) is 88.2 Å². The maximum Gasteiger partial charge on any atom is 0.261 e. The van der Waals surface area contributed by atoms with Gasteiger partial charge in [-0.05, 0) is 55.8 Å². The van der Waals surface area contributed by atoms with Gasteiger partial charge in [-0.1, -0.05) is 47.7 Å². The molecule has 0 aliphatic rings. The number of hydrogen-bond acceptors (Lipinski definition) is 6. The van der Waals surface area contributed by atoms with Gasteiger partial charge < -0.3 is 5.32 Å². The highest BCUT2D eigenvalue weighted by atomic mass is 32.2. The van der Waals surface area contributed by atoms with Gasteiger partial charge in [-0.25, -0.2) is 13.4 Å². The van der Waals surface area contributed by atoms with E-state index < -0.39 is 10.0 Å². The van der Waals surface area contributed by atoms with Crippen LogP contribution < -0.4 is 10.0 Å². The Labute approximate surface area is 195 Å². The summed E-state index contributed by atoms with van der Waals surface area (Å²) in [5.41, 5.74) is 4.03. The predicted octanol–water partition coefficient (Wildman–Crippen LogP) is 5.44. The van der Waals surface area contributed by atoms with E-state index >= 15 is 0 Å². The van der Waals surface area contributed by atoms with Crippen LogP contribution in [0.5, 0.6) is 0 Å². The number of thioether (sulfide) groups is 1. The third-order valence-corrected chi connectivity index (χ3v) is 8.26. The third-order valence-electron chi connectivity index (χ3n) is 4.70. The van der Waals surface area contributed by atoms with Crippen LogP contribution in [0.4, 0.5) is 11.4 Å². The molecule has 1 heterocycles. The van der Waals surface area contributed by atoms with E-state index in [0.29, 0.717) is 5.69 Å². The Morgan fingerprint density at radius 2 is 1.78 bits per heavy atom. The molecule has 0 atom stereocenters. The Bertz CT molecular complexity index is 1380. The van der Waals surface area contributed by atoms with Crippen LogP contribution in [0.15, 0.2) is 76.0 Å². The van der Waals surface area contributed by atoms with Gasteiger partial charge in [0.1, 0.15) is 0 Å². The second-order valence-corrected chi connectivity index (χ2v) is 11.2. The molecule has 6 nitrogen and oxygen atoms in total. The maximum absolute atomic E-state index is 12.6. The van der Waals surface area contributed by atoms with Crippen molar-refractivity contribution in [1.29, 1.82) is 0 Å². The Balaban J connectivity index is 1.43. The van der Waals surface area contributed by atoms with Gasteiger partial charge in [-0.2, -0.15) is 0 Å². The Hall–Kier alpha value is -2.88. The molecule has 0 bridgehead atoms. The standard InChI is InChI=1S/C23H21N3O3S3/c1-15-7-10-18(11-8-15)32(28,29)26-17-9-12-20-21(13-17)31-23(25-20)30-14-22(27)24-19-6-4-3-5-16(19)2/h3-13,26H,14H2,1-2H3,(H,24,27). The number of hydrogen-bond donors (Lipinski definition) is 2. The minimum absolute atomic E-state index is 0.102. The van der Waals surface area contributed by atoms with Crippen molar-refractivity contribution in [3.63, 3.8) is 0 Å². The van der Waals surface area contributed by atoms with E-state index in [-0.39, 0.29) is 16.6 Å². The van der Waals surface area contributed by atoms with Crippen molar-refractivity contribution < 1.29 is 13.2 Å². The quantitative estimate of drug-likeness (QED) is 0.342. The molecule has 0 spiro atoms. The van der Waals surface area contributed by atoms with E-state index in [0.717, 1.165) is 31.4 Å². The fourth-order valence-corrected chi connectivity index (χ4v) is 5.94. The van der Waals surface area contributed by atoms with Crippen molar-refractivity contribution in [3.05, 3.63) is 77.9 Å². The summed E-state index contributed by atoms with van der Waals surface area (Å²) in [5, 5.41) is 2.91. The number of nitrogens with zero attached hydrogens (tertiary/aromatic N) is 1. The molecule has 2 N–H and O–H groups in total. The second kappa shape index (κ2) is 9.32. The van der Waals surface area contributed by atoms with Gasteiger partial charge >= 0.3 is 0 Å². The Morgan fingerprint density at radius 1 is 1.03 bits per heavy atom. The normalized spacial score (nSPS) is 11.4. The number of aryl methyl sites for hydroxylation is 2. The first-order valence-electron chi connectivity index (χ1n) is 9.78. The van der Waals surface area contributed by atoms with Crippen molar-refractivity contribution in [2.24, 2.45) is 0 Å². The van der Waals surface area contributed by atoms with E-state index in [1.165, 1.54) is 23.1 Å². The number of thiazole rings is 1. The fraction of sp³-hybridized carbons (Fsp3) is 0.130. The molecule has 3 aromatic carbocycles. The van der Waals surface area contributed by atoms with Gasteiger partial charge in [-0.15, -0.1) is 11.3 Å². The van der Waals surface area contributed by atoms with Crippen LogP contribution in [0.3, 0.4) is 0 Å². The lowest BCUT2D eigenvalue weighted by Gasteiger charge is -2.08. The van der Waals surface area contributed by atoms with Crippen LogP contribution in [0.25, 0.3) is 10.2 Å². The third kappa shape index (κ3) is 5.29. The van der Waals surface area contributed by atoms with Crippen LogP contribution in [-0.2, 0) is 14.8 Å². The van der Waals surface area contributed by atoms with Gasteiger partial charge in [0.15, 0.2) is 4.34 Å². The summed E-state index contributed by atoms with van der Waals surface area (Å²) in [5.74, 6) is 0.135. The number of aromatic nitrogens is 1. The lowest BCUT2D eigenvalue weighted by atomic mass is 10.2. The summed E-state index contributed by atoms with van der Waals surface area (Å²) < 4.78 is 29.5. The summed E-state index contributed by atoms with van der Waals surface area (Å²) in [4.78, 5) is 17.0. The second-order valence-electron chi connectivity index (χ2n) is 7.23. The molecule has 4 aromatic rings. The first-order valence-corrected chi connectivity index (χ1v) is 13.1. The fourth-order valence-electron chi connectivity index (χ4n) is 2.99. The minimum Gasteiger partial charge on any atom is -0.325 e. The maximum atomic E-state index is 12.6. The van der Waals surface area contributed by atoms with Crippen LogP contribution in [0.1, 0.15) is 11.1 Å². The lowest BCUT2D eigenvalue weighted by Crippen LogP contribution is -2.14. The Morgan fingerprint density at radius 3 is 2.53 bits per heavy atom. The number of fused-ring (bicyclic) bond motifs is 1. The monoisotopic (exact) mass is 483 g/mol. The molecule has 1 amide bonds. The van der Waals surface area contributed by atoms with Crippen molar-refractivity contribution in [2.75, 3.05) is 15.8 Å². The highest BCUT2D eigenvalue weighted by Gasteiger charge is 2.15. The first kappa shape index (κ1) is 22.3. The SMILES string of the molecule is Cc1ccc(S(=O)(=O)Nc2ccc3nc(SCC(=O)Nc4ccccc4C)sc3c2)cc1. The van der Waals surface area contributed by atoms with Gasteiger partial charge in [0, 0.05) is 5.69 Å². The molecular formula is C23H21N3O3S3. The van der Waals surface area contributed by atoms with Gasteiger partial charge in [0.2, 0.25) is 5.91 Å². The predicted molar refractivity (Wildman–Crippen MR) is 132 cm³/mol. The summed E-state index contributed by atoms with van der Waals surface area (Å²) in [7, 11) is -3.67. The zero-order chi connectivity index (χ0) is 22.7. The van der Waals surface area contributed by atoms with E-state index in [1.54, 1.807) is 42.5 Å². The average Bonchev–Trinajstić information content (AvgIpc) is 3.16. The van der Waals surface area contributed by atoms with Gasteiger partial charge in [-0.3, -0.25) is 9.52 Å². The molecule has 0 aliphatic carbocycles. The molecular weight excluding hydrogens is 462 g/mol. The summed E-state index contributed by atoms with van der Waals surface area (Å²) >= 11 is 2.78. The van der Waals surface area contributed by atoms with E-state index in [4.69, 9.17) is 0 Å². The van der Waals surface area contributed by atoms with E-state index in [9.17, 15) is 13.2 Å². The summed E-state index contributed by atoms with van der Waals surface area (Å²) in [6, 6.07) is 19.5. The molecule has 0 unspecified atom stereocenters. The van der Waals surface area contributed by atoms with Crippen molar-refractivity contribution in [1.82, 2.24) is 4.98 Å². The molecule has 9 heteroatoms. The number of benzene rings is 3. The molecule has 1 aromatic heterocycles. The highest BCUT2D eigenvalue weighted by molar-refractivity contribution is 8.01. The average molecular weight is 484 g/mol. The molecule has 32 heavy (non-hydrogen) atoms. The summed E-state index contributed by atoms with van der Waals surface area (Å²) in [6.07, 6.45) is 0.